The van der Waals surface area contributed by atoms with Gasteiger partial charge in [-0.25, -0.2) is 0 Å². The van der Waals surface area contributed by atoms with Crippen LogP contribution in [0.5, 0.6) is 0 Å². The van der Waals surface area contributed by atoms with Crippen LogP contribution >= 0.6 is 0 Å². The molecule has 2 aliphatic rings. The van der Waals surface area contributed by atoms with Gasteiger partial charge in [0.1, 0.15) is 0 Å². The molecule has 1 aliphatic carbocycles. The van der Waals surface area contributed by atoms with Gasteiger partial charge in [-0.1, -0.05) is 24.4 Å². The van der Waals surface area contributed by atoms with Gasteiger partial charge in [0, 0.05) is 44.0 Å². The summed E-state index contributed by atoms with van der Waals surface area (Å²) in [6, 6.07) is 5.60. The third kappa shape index (κ3) is 4.98. The van der Waals surface area contributed by atoms with E-state index in [4.69, 9.17) is 4.52 Å². The van der Waals surface area contributed by atoms with Crippen LogP contribution in [-0.2, 0) is 6.54 Å². The van der Waals surface area contributed by atoms with E-state index in [9.17, 15) is 4.79 Å². The monoisotopic (exact) mass is 382 g/mol. The van der Waals surface area contributed by atoms with E-state index in [0.29, 0.717) is 18.2 Å². The van der Waals surface area contributed by atoms with Crippen molar-refractivity contribution in [2.24, 2.45) is 5.92 Å². The minimum atomic E-state index is -0.217. The van der Waals surface area contributed by atoms with E-state index in [1.807, 2.05) is 18.2 Å². The number of rotatable bonds is 6. The molecule has 1 aliphatic heterocycles. The Morgan fingerprint density at radius 3 is 2.79 bits per heavy atom. The molecule has 4 rings (SSSR count). The second-order valence-electron chi connectivity index (χ2n) is 8.26. The molecule has 1 atom stereocenters. The normalized spacial score (nSPS) is 21.5. The van der Waals surface area contributed by atoms with E-state index in [-0.39, 0.29) is 5.91 Å². The van der Waals surface area contributed by atoms with Gasteiger partial charge in [-0.05, 0) is 55.8 Å². The molecule has 150 valence electrons. The number of nitrogens with zero attached hydrogens (tertiary/aromatic N) is 3. The Kier molecular flexibility index (Phi) is 6.37. The summed E-state index contributed by atoms with van der Waals surface area (Å²) < 4.78 is 5.36. The van der Waals surface area contributed by atoms with E-state index < -0.39 is 0 Å². The largest absolute Gasteiger partial charge is 0.351 e. The maximum absolute atomic E-state index is 12.4. The van der Waals surface area contributed by atoms with Crippen LogP contribution in [0.1, 0.15) is 72.7 Å². The quantitative estimate of drug-likeness (QED) is 0.824. The molecule has 2 aromatic rings. The first kappa shape index (κ1) is 19.1. The summed E-state index contributed by atoms with van der Waals surface area (Å²) in [7, 11) is 0. The number of amides is 1. The summed E-state index contributed by atoms with van der Waals surface area (Å²) in [5.41, 5.74) is 1.93. The van der Waals surface area contributed by atoms with Crippen LogP contribution in [0.2, 0.25) is 0 Å². The highest BCUT2D eigenvalue weighted by molar-refractivity contribution is 5.91. The Labute approximate surface area is 166 Å². The third-order valence-corrected chi connectivity index (χ3v) is 6.12. The highest BCUT2D eigenvalue weighted by atomic mass is 16.5. The summed E-state index contributed by atoms with van der Waals surface area (Å²) in [6.07, 6.45) is 12.7. The Balaban J connectivity index is 1.30. The Bertz CT molecular complexity index is 755. The molecule has 0 aromatic carbocycles. The molecule has 3 heterocycles. The van der Waals surface area contributed by atoms with Gasteiger partial charge in [0.15, 0.2) is 0 Å². The van der Waals surface area contributed by atoms with Gasteiger partial charge in [0.05, 0.1) is 5.69 Å². The number of piperidine rings is 1. The van der Waals surface area contributed by atoms with Crippen LogP contribution in [0.3, 0.4) is 0 Å². The second-order valence-corrected chi connectivity index (χ2v) is 8.26. The summed E-state index contributed by atoms with van der Waals surface area (Å²) in [6.45, 7) is 3.88. The Hall–Kier alpha value is -2.21. The van der Waals surface area contributed by atoms with Gasteiger partial charge in [-0.15, -0.1) is 0 Å². The zero-order valence-corrected chi connectivity index (χ0v) is 16.5. The van der Waals surface area contributed by atoms with Crippen LogP contribution in [0.15, 0.2) is 35.1 Å². The van der Waals surface area contributed by atoms with Crippen LogP contribution in [-0.4, -0.2) is 40.6 Å². The molecule has 1 N–H and O–H groups in total. The highest BCUT2D eigenvalue weighted by Gasteiger charge is 2.27. The number of hydrogen-bond donors (Lipinski definition) is 1. The third-order valence-electron chi connectivity index (χ3n) is 6.12. The molecule has 2 fully saturated rings. The number of hydrogen-bond acceptors (Lipinski definition) is 5. The van der Waals surface area contributed by atoms with Crippen LogP contribution in [0.4, 0.5) is 0 Å². The van der Waals surface area contributed by atoms with E-state index in [0.717, 1.165) is 30.1 Å². The number of carbonyl (C=O) groups excluding carboxylic acids is 1. The standard InChI is InChI=1S/C22H30N4O2/c27-22(24-14-17-8-10-23-11-9-17)21-13-20(25-28-21)19-7-4-12-26(16-19)15-18-5-2-1-3-6-18/h8-11,13,18-19H,1-7,12,14-16H2,(H,24,27). The van der Waals surface area contributed by atoms with E-state index in [1.54, 1.807) is 12.4 Å². The fourth-order valence-electron chi connectivity index (χ4n) is 4.56. The summed E-state index contributed by atoms with van der Waals surface area (Å²) in [5, 5.41) is 7.11. The molecule has 0 radical (unpaired) electrons. The van der Waals surface area contributed by atoms with Gasteiger partial charge in [0.25, 0.3) is 5.91 Å². The predicted octanol–water partition coefficient (Wildman–Crippen LogP) is 3.76. The lowest BCUT2D eigenvalue weighted by Crippen LogP contribution is -2.38. The van der Waals surface area contributed by atoms with Crippen molar-refractivity contribution >= 4 is 5.91 Å². The van der Waals surface area contributed by atoms with Crippen LogP contribution in [0.25, 0.3) is 0 Å². The van der Waals surface area contributed by atoms with Crippen molar-refractivity contribution in [3.63, 3.8) is 0 Å². The molecule has 1 unspecified atom stereocenters. The fraction of sp³-hybridized carbons (Fsp3) is 0.591. The second kappa shape index (κ2) is 9.32. The molecular weight excluding hydrogens is 352 g/mol. The molecule has 1 saturated heterocycles. The first-order chi connectivity index (χ1) is 13.8. The first-order valence-corrected chi connectivity index (χ1v) is 10.6. The Morgan fingerprint density at radius 1 is 1.14 bits per heavy atom. The minimum Gasteiger partial charge on any atom is -0.351 e. The van der Waals surface area contributed by atoms with E-state index in [2.05, 4.69) is 20.4 Å². The summed E-state index contributed by atoms with van der Waals surface area (Å²) in [4.78, 5) is 19.0. The van der Waals surface area contributed by atoms with Gasteiger partial charge in [-0.2, -0.15) is 0 Å². The van der Waals surface area contributed by atoms with Crippen molar-refractivity contribution in [3.8, 4) is 0 Å². The molecule has 0 spiro atoms. The number of nitrogens with one attached hydrogen (secondary N) is 1. The number of carbonyl (C=O) groups is 1. The molecular formula is C22H30N4O2. The predicted molar refractivity (Wildman–Crippen MR) is 107 cm³/mol. The molecule has 28 heavy (non-hydrogen) atoms. The number of likely N-dealkylation sites (tertiary alicyclic amines) is 1. The van der Waals surface area contributed by atoms with Crippen LogP contribution < -0.4 is 5.32 Å². The Morgan fingerprint density at radius 2 is 1.96 bits per heavy atom. The van der Waals surface area contributed by atoms with Gasteiger partial charge < -0.3 is 14.7 Å². The van der Waals surface area contributed by atoms with Crippen molar-refractivity contribution < 1.29 is 9.32 Å². The SMILES string of the molecule is O=C(NCc1ccncc1)c1cc(C2CCCN(CC3CCCCC3)C2)no1. The van der Waals surface area contributed by atoms with Gasteiger partial charge in [0.2, 0.25) is 5.76 Å². The average molecular weight is 383 g/mol. The molecule has 0 bridgehead atoms. The van der Waals surface area contributed by atoms with Crippen molar-refractivity contribution in [2.45, 2.75) is 57.4 Å². The number of aromatic nitrogens is 2. The number of pyridine rings is 1. The van der Waals surface area contributed by atoms with Gasteiger partial charge >= 0.3 is 0 Å². The zero-order valence-electron chi connectivity index (χ0n) is 16.5. The smallest absolute Gasteiger partial charge is 0.290 e. The maximum Gasteiger partial charge on any atom is 0.290 e. The van der Waals surface area contributed by atoms with Crippen molar-refractivity contribution in [3.05, 3.63) is 47.6 Å². The summed E-state index contributed by atoms with van der Waals surface area (Å²) >= 11 is 0. The molecule has 1 saturated carbocycles. The minimum absolute atomic E-state index is 0.217. The molecule has 2 aromatic heterocycles. The first-order valence-electron chi connectivity index (χ1n) is 10.6. The maximum atomic E-state index is 12.4. The molecule has 6 nitrogen and oxygen atoms in total. The molecule has 1 amide bonds. The fourth-order valence-corrected chi connectivity index (χ4v) is 4.56. The lowest BCUT2D eigenvalue weighted by molar-refractivity contribution is 0.0913. The van der Waals surface area contributed by atoms with Crippen molar-refractivity contribution in [2.75, 3.05) is 19.6 Å². The van der Waals surface area contributed by atoms with E-state index >= 15 is 0 Å². The highest BCUT2D eigenvalue weighted by Crippen LogP contribution is 2.30. The topological polar surface area (TPSA) is 71.3 Å². The van der Waals surface area contributed by atoms with E-state index in [1.165, 1.54) is 51.6 Å². The lowest BCUT2D eigenvalue weighted by atomic mass is 9.87. The van der Waals surface area contributed by atoms with Crippen molar-refractivity contribution in [1.82, 2.24) is 20.4 Å². The van der Waals surface area contributed by atoms with Crippen molar-refractivity contribution in [1.29, 1.82) is 0 Å². The summed E-state index contributed by atoms with van der Waals surface area (Å²) in [5.74, 6) is 1.31. The van der Waals surface area contributed by atoms with Gasteiger partial charge in [-0.3, -0.25) is 9.78 Å². The van der Waals surface area contributed by atoms with Crippen LogP contribution in [0, 0.1) is 5.92 Å². The molecule has 6 heteroatoms. The average Bonchev–Trinajstić information content (AvgIpc) is 3.24. The lowest BCUT2D eigenvalue weighted by Gasteiger charge is -2.35. The zero-order chi connectivity index (χ0) is 19.2.